The molecule has 2 aliphatic rings. The number of hydrogen-bond acceptors (Lipinski definition) is 29. The summed E-state index contributed by atoms with van der Waals surface area (Å²) >= 11 is 13.9. The molecule has 0 radical (unpaired) electrons. The molecule has 2 fully saturated rings. The van der Waals surface area contributed by atoms with E-state index in [2.05, 4.69) is 130 Å². The van der Waals surface area contributed by atoms with Gasteiger partial charge in [0.2, 0.25) is 5.13 Å². The molecule has 12 aromatic rings. The van der Waals surface area contributed by atoms with Crippen LogP contribution in [-0.4, -0.2) is 170 Å². The molecule has 11 aromatic heterocycles. The van der Waals surface area contributed by atoms with E-state index in [1.165, 1.54) is 29.7 Å². The first-order chi connectivity index (χ1) is 48.5. The van der Waals surface area contributed by atoms with Crippen molar-refractivity contribution < 1.29 is 14.3 Å². The lowest BCUT2D eigenvalue weighted by molar-refractivity contribution is -0.119. The van der Waals surface area contributed by atoms with E-state index in [1.54, 1.807) is 84.1 Å². The Kier molecular flexibility index (Phi) is 37.2. The molecule has 2 aliphatic carbocycles. The number of rotatable bonds is 13. The second kappa shape index (κ2) is 44.1. The molecule has 36 heteroatoms. The Morgan fingerprint density at radius 2 is 1.20 bits per heavy atom. The van der Waals surface area contributed by atoms with Crippen molar-refractivity contribution in [1.82, 2.24) is 130 Å². The zero-order valence-corrected chi connectivity index (χ0v) is 67.5. The van der Waals surface area contributed by atoms with Gasteiger partial charge in [0.15, 0.2) is 16.0 Å². The van der Waals surface area contributed by atoms with Gasteiger partial charge in [-0.2, -0.15) is 0 Å². The molecule has 558 valence electrons. The van der Waals surface area contributed by atoms with Crippen LogP contribution in [0.15, 0.2) is 64.6 Å². The van der Waals surface area contributed by atoms with Gasteiger partial charge in [-0.15, -0.1) is 109 Å². The van der Waals surface area contributed by atoms with E-state index >= 15 is 0 Å². The molecule has 0 atom stereocenters. The fourth-order valence-electron chi connectivity index (χ4n) is 8.41. The highest BCUT2D eigenvalue weighted by Gasteiger charge is 2.30. The highest BCUT2D eigenvalue weighted by atomic mass is 35.5. The number of Topliss-reactive ketones (excluding diaryl/α,β-unsaturated/α-hetero) is 1. The lowest BCUT2D eigenvalue weighted by atomic mass is 10.2. The molecule has 103 heavy (non-hydrogen) atoms. The second-order valence-corrected chi connectivity index (χ2v) is 29.7. The summed E-state index contributed by atoms with van der Waals surface area (Å²) in [5.41, 5.74) is 2.32. The number of nitrogens with zero attached hydrogens (tertiary/aromatic N) is 27. The van der Waals surface area contributed by atoms with Crippen LogP contribution in [0.5, 0.6) is 5.75 Å². The largest absolute Gasteiger partial charge is 0.495 e. The first-order valence-electron chi connectivity index (χ1n) is 32.4. The van der Waals surface area contributed by atoms with E-state index in [0.717, 1.165) is 134 Å². The van der Waals surface area contributed by atoms with Crippen molar-refractivity contribution in [3.05, 3.63) is 155 Å². The number of carbonyl (C=O) groups is 1. The summed E-state index contributed by atoms with van der Waals surface area (Å²) in [7, 11) is 14.9. The standard InChI is InChI=1S/C11H12ClN3.C8H9N3S.C8H10N2OS.C7H11N3.C7H13N3.C7H9NO.C6H11N3O.C5H9N3S.C4H6N2S2.C3H6N4.CH4/c1-8-13-14-9(2)15(8)7-10-3-5-11(12)6-4-10;1-6-9-10-8(11(6)2)7-4-3-5-12-7;1-5-9-10-8(12-5)4-7(11)6-2-3-6;1-5-8-9-7(10(5)2)6-3-4-6;1-5(2)10-6(3)8-9-7(10)4;1-6-3-7(9-2)5-8-4-6;1-5-7-8-6(4-10-3)9(5)2;1-4-6-7-5(9-4)8(2)3;1-3-5-6-4(7-2)8-3;1-3-4-5-6-7(3)2;/h3-6H,7H2,1-2H3;3-5H,1-2H3;6H,2-4H2,1H3;6H,3-4H2,1-2H3;5H,1-4H3;3-5H,1-2H3;4H2,1-3H3;1-3H3;1-2H3;1-2H3;1H4. The SMILES string of the molecule is C.COCc1nnc(C)n1C.COc1cncc(C)c1.CSc1nnc(C)s1.Cc1nnc(-c2cccs2)n1C.Cc1nnc(C)n1C(C)C.Cc1nnc(C)n1Cc1ccc(Cl)cc1.Cc1nnc(C2CC2)n1C.Cc1nnc(CC(=O)C2CC2)s1.Cc1nnc(N(C)C)s1.Cc1nnnn1C. The third kappa shape index (κ3) is 29.9. The quantitative estimate of drug-likeness (QED) is 0.0968. The van der Waals surface area contributed by atoms with Gasteiger partial charge in [-0.1, -0.05) is 71.7 Å². The van der Waals surface area contributed by atoms with E-state index < -0.39 is 0 Å². The van der Waals surface area contributed by atoms with Gasteiger partial charge in [-0.3, -0.25) is 9.78 Å². The average molecular weight is 1530 g/mol. The Morgan fingerprint density at radius 3 is 1.58 bits per heavy atom. The van der Waals surface area contributed by atoms with Crippen molar-refractivity contribution >= 4 is 79.6 Å². The molecule has 0 spiro atoms. The topological polar surface area (TPSA) is 326 Å². The van der Waals surface area contributed by atoms with Crippen molar-refractivity contribution in [3.63, 3.8) is 0 Å². The van der Waals surface area contributed by atoms with Gasteiger partial charge in [0, 0.05) is 78.5 Å². The molecule has 0 saturated heterocycles. The first-order valence-corrected chi connectivity index (χ1v) is 37.3. The smallest absolute Gasteiger partial charge is 0.207 e. The zero-order valence-electron chi connectivity index (χ0n) is 62.7. The lowest BCUT2D eigenvalue weighted by Crippen LogP contribution is -2.07. The van der Waals surface area contributed by atoms with Crippen LogP contribution in [0.3, 0.4) is 0 Å². The van der Waals surface area contributed by atoms with Crippen LogP contribution in [0.2, 0.25) is 5.02 Å². The zero-order chi connectivity index (χ0) is 75.2. The number of thioether (sulfide) groups is 1. The molecule has 11 heterocycles. The van der Waals surface area contributed by atoms with Crippen LogP contribution in [0.25, 0.3) is 10.7 Å². The molecule has 0 unspecified atom stereocenters. The fourth-order valence-corrected chi connectivity index (χ4v) is 11.8. The maximum Gasteiger partial charge on any atom is 0.207 e. The number of thiophene rings is 1. The number of hydrogen-bond donors (Lipinski definition) is 0. The normalized spacial score (nSPS) is 11.5. The predicted octanol–water partition coefficient (Wildman–Crippen LogP) is 12.6. The number of carbonyl (C=O) groups excluding carboxylic acids is 1. The number of pyridine rings is 1. The van der Waals surface area contributed by atoms with Gasteiger partial charge in [-0.05, 0) is 180 Å². The molecular weight excluding hydrogens is 1430 g/mol. The predicted molar refractivity (Wildman–Crippen MR) is 410 cm³/mol. The van der Waals surface area contributed by atoms with Crippen LogP contribution in [0.1, 0.15) is 148 Å². The van der Waals surface area contributed by atoms with Crippen LogP contribution < -0.4 is 9.64 Å². The second-order valence-electron chi connectivity index (χ2n) is 23.6. The van der Waals surface area contributed by atoms with Gasteiger partial charge in [0.1, 0.15) is 90.6 Å². The Bertz CT molecular complexity index is 4310. The average Bonchev–Trinajstić information content (AvgIpc) is 1.68. The Labute approximate surface area is 630 Å². The number of anilines is 1. The summed E-state index contributed by atoms with van der Waals surface area (Å²) in [5.74, 6) is 12.7. The van der Waals surface area contributed by atoms with Crippen LogP contribution in [0, 0.1) is 89.0 Å². The fraction of sp³-hybridized carbons (Fsp3) is 0.507. The molecule has 1 aromatic carbocycles. The molecule has 2 saturated carbocycles. The third-order valence-corrected chi connectivity index (χ3v) is 19.5. The van der Waals surface area contributed by atoms with Crippen LogP contribution >= 0.6 is 68.7 Å². The highest BCUT2D eigenvalue weighted by Crippen LogP contribution is 2.38. The van der Waals surface area contributed by atoms with Gasteiger partial charge < -0.3 is 37.2 Å². The van der Waals surface area contributed by atoms with Gasteiger partial charge >= 0.3 is 0 Å². The van der Waals surface area contributed by atoms with Crippen molar-refractivity contribution in [2.75, 3.05) is 39.5 Å². The van der Waals surface area contributed by atoms with Gasteiger partial charge in [0.25, 0.3) is 0 Å². The van der Waals surface area contributed by atoms with E-state index in [0.29, 0.717) is 36.7 Å². The molecule has 0 bridgehead atoms. The molecule has 0 amide bonds. The van der Waals surface area contributed by atoms with Crippen molar-refractivity contribution in [3.8, 4) is 16.5 Å². The molecular formula is C67H100ClN27O3S5. The number of tetrazole rings is 1. The number of halogens is 1. The monoisotopic (exact) mass is 1530 g/mol. The number of aromatic nitrogens is 26. The van der Waals surface area contributed by atoms with Gasteiger partial charge in [0.05, 0.1) is 31.1 Å². The number of ether oxygens (including phenoxy) is 2. The van der Waals surface area contributed by atoms with Crippen molar-refractivity contribution in [2.24, 2.45) is 34.1 Å². The van der Waals surface area contributed by atoms with Gasteiger partial charge in [-0.25, -0.2) is 4.68 Å². The number of benzene rings is 1. The lowest BCUT2D eigenvalue weighted by Gasteiger charge is -2.08. The molecule has 14 rings (SSSR count). The van der Waals surface area contributed by atoms with Crippen molar-refractivity contribution in [2.45, 2.75) is 166 Å². The molecule has 0 N–H and O–H groups in total. The summed E-state index contributed by atoms with van der Waals surface area (Å²) in [6.45, 7) is 28.9. The van der Waals surface area contributed by atoms with E-state index in [-0.39, 0.29) is 7.43 Å². The summed E-state index contributed by atoms with van der Waals surface area (Å²) in [5, 5.41) is 81.3. The first kappa shape index (κ1) is 86.8. The summed E-state index contributed by atoms with van der Waals surface area (Å²) in [6, 6.07) is 14.3. The minimum Gasteiger partial charge on any atom is -0.495 e. The van der Waals surface area contributed by atoms with Crippen LogP contribution in [-0.2, 0) is 57.3 Å². The number of aryl methyl sites for hydroxylation is 13. The molecule has 0 aliphatic heterocycles. The minimum absolute atomic E-state index is 0. The minimum atomic E-state index is 0. The van der Waals surface area contributed by atoms with E-state index in [1.807, 2.05) is 186 Å². The molecule has 30 nitrogen and oxygen atoms in total. The van der Waals surface area contributed by atoms with E-state index in [9.17, 15) is 4.79 Å². The Morgan fingerprint density at radius 1 is 0.631 bits per heavy atom. The number of methoxy groups -OCH3 is 2. The summed E-state index contributed by atoms with van der Waals surface area (Å²) in [6.07, 6.45) is 10.7. The third-order valence-electron chi connectivity index (χ3n) is 14.7. The summed E-state index contributed by atoms with van der Waals surface area (Å²) < 4.78 is 22.6. The maximum atomic E-state index is 11.3. The van der Waals surface area contributed by atoms with Crippen molar-refractivity contribution in [1.29, 1.82) is 0 Å². The van der Waals surface area contributed by atoms with Crippen LogP contribution in [0.4, 0.5) is 5.13 Å². The number of ketones is 1. The maximum absolute atomic E-state index is 11.3. The van der Waals surface area contributed by atoms with E-state index in [4.69, 9.17) is 21.1 Å². The Balaban J connectivity index is 0.000000244. The Hall–Kier alpha value is -8.61. The highest BCUT2D eigenvalue weighted by molar-refractivity contribution is 8.00. The summed E-state index contributed by atoms with van der Waals surface area (Å²) in [4.78, 5) is 18.4.